The van der Waals surface area contributed by atoms with Gasteiger partial charge in [-0.1, -0.05) is 13.8 Å². The average molecular weight is 202 g/mol. The van der Waals surface area contributed by atoms with Gasteiger partial charge in [-0.2, -0.15) is 0 Å². The lowest BCUT2D eigenvalue weighted by Crippen LogP contribution is -2.37. The van der Waals surface area contributed by atoms with Gasteiger partial charge in [0.25, 0.3) is 0 Å². The van der Waals surface area contributed by atoms with Crippen molar-refractivity contribution in [2.45, 2.75) is 32.2 Å². The molecule has 0 bridgehead atoms. The van der Waals surface area contributed by atoms with Crippen LogP contribution in [0.15, 0.2) is 0 Å². The molecule has 1 heterocycles. The quantitative estimate of drug-likeness (QED) is 0.746. The Morgan fingerprint density at radius 2 is 2.23 bits per heavy atom. The second-order valence-electron chi connectivity index (χ2n) is 4.50. The van der Waals surface area contributed by atoms with Crippen LogP contribution in [0.3, 0.4) is 0 Å². The summed E-state index contributed by atoms with van der Waals surface area (Å²) in [6.45, 7) is 9.18. The third kappa shape index (κ3) is 4.34. The van der Waals surface area contributed by atoms with Gasteiger partial charge >= 0.3 is 0 Å². The first-order valence-corrected chi connectivity index (χ1v) is 6.19. The first kappa shape index (κ1) is 11.3. The number of thioether (sulfide) groups is 1. The minimum atomic E-state index is 0.652. The maximum absolute atomic E-state index is 3.58. The fraction of sp³-hybridized carbons (Fsp3) is 1.00. The lowest BCUT2D eigenvalue weighted by molar-refractivity contribution is 0.286. The molecule has 3 heteroatoms. The summed E-state index contributed by atoms with van der Waals surface area (Å²) in [5.74, 6) is 2.04. The topological polar surface area (TPSA) is 15.3 Å². The van der Waals surface area contributed by atoms with Crippen LogP contribution in [-0.2, 0) is 0 Å². The van der Waals surface area contributed by atoms with Crippen molar-refractivity contribution in [1.29, 1.82) is 0 Å². The molecule has 0 aromatic rings. The number of hydrogen-bond acceptors (Lipinski definition) is 3. The van der Waals surface area contributed by atoms with E-state index in [4.69, 9.17) is 0 Å². The van der Waals surface area contributed by atoms with E-state index in [1.165, 1.54) is 18.8 Å². The highest BCUT2D eigenvalue weighted by atomic mass is 32.2. The molecule has 0 saturated carbocycles. The number of hydrogen-bond donors (Lipinski definition) is 1. The molecule has 0 spiro atoms. The van der Waals surface area contributed by atoms with Gasteiger partial charge in [0.1, 0.15) is 0 Å². The Morgan fingerprint density at radius 1 is 1.54 bits per heavy atom. The fourth-order valence-corrected chi connectivity index (χ4v) is 3.07. The van der Waals surface area contributed by atoms with Crippen molar-refractivity contribution in [3.05, 3.63) is 0 Å². The first-order valence-electron chi connectivity index (χ1n) is 5.14. The Kier molecular flexibility index (Phi) is 4.56. The highest BCUT2D eigenvalue weighted by Crippen LogP contribution is 2.18. The number of nitrogens with zero attached hydrogens (tertiary/aromatic N) is 1. The minimum absolute atomic E-state index is 0.652. The number of nitrogens with one attached hydrogen (secondary N) is 1. The smallest absolute Gasteiger partial charge is 0.0663 e. The standard InChI is InChI=1S/C10H22N2S/c1-8(2)5-12(4)6-10-11-9(3)7-13-10/h8-11H,5-7H2,1-4H3. The van der Waals surface area contributed by atoms with Crippen LogP contribution in [0.1, 0.15) is 20.8 Å². The number of likely N-dealkylation sites (N-methyl/N-ethyl adjacent to an activating group) is 1. The van der Waals surface area contributed by atoms with E-state index < -0.39 is 0 Å². The number of rotatable bonds is 4. The molecule has 0 radical (unpaired) electrons. The van der Waals surface area contributed by atoms with E-state index >= 15 is 0 Å². The Morgan fingerprint density at radius 3 is 2.69 bits per heavy atom. The van der Waals surface area contributed by atoms with Crippen LogP contribution in [0.2, 0.25) is 0 Å². The summed E-state index contributed by atoms with van der Waals surface area (Å²) in [5, 5.41) is 4.23. The Bertz CT molecular complexity index is 150. The molecule has 0 aromatic heterocycles. The van der Waals surface area contributed by atoms with Gasteiger partial charge in [0.15, 0.2) is 0 Å². The Labute approximate surface area is 86.5 Å². The van der Waals surface area contributed by atoms with Crippen LogP contribution >= 0.6 is 11.8 Å². The van der Waals surface area contributed by atoms with Crippen molar-refractivity contribution >= 4 is 11.8 Å². The molecule has 0 amide bonds. The van der Waals surface area contributed by atoms with Gasteiger partial charge in [0.05, 0.1) is 5.37 Å². The van der Waals surface area contributed by atoms with E-state index in [1.807, 2.05) is 0 Å². The lowest BCUT2D eigenvalue weighted by Gasteiger charge is -2.22. The van der Waals surface area contributed by atoms with Crippen LogP contribution in [0.5, 0.6) is 0 Å². The lowest BCUT2D eigenvalue weighted by atomic mass is 10.2. The van der Waals surface area contributed by atoms with Crippen molar-refractivity contribution in [3.8, 4) is 0 Å². The van der Waals surface area contributed by atoms with E-state index in [0.717, 1.165) is 5.92 Å². The summed E-state index contributed by atoms with van der Waals surface area (Å²) in [5.41, 5.74) is 0. The second kappa shape index (κ2) is 5.23. The van der Waals surface area contributed by atoms with Crippen LogP contribution < -0.4 is 5.32 Å². The maximum Gasteiger partial charge on any atom is 0.0663 e. The second-order valence-corrected chi connectivity index (χ2v) is 5.74. The molecule has 13 heavy (non-hydrogen) atoms. The zero-order chi connectivity index (χ0) is 9.84. The van der Waals surface area contributed by atoms with Gasteiger partial charge in [0.2, 0.25) is 0 Å². The van der Waals surface area contributed by atoms with Gasteiger partial charge in [-0.25, -0.2) is 0 Å². The molecule has 0 aromatic carbocycles. The highest BCUT2D eigenvalue weighted by molar-refractivity contribution is 8.00. The third-order valence-electron chi connectivity index (χ3n) is 2.17. The van der Waals surface area contributed by atoms with E-state index in [1.54, 1.807) is 0 Å². The molecule has 2 unspecified atom stereocenters. The zero-order valence-corrected chi connectivity index (χ0v) is 10.0. The predicted octanol–water partition coefficient (Wildman–Crippen LogP) is 1.63. The van der Waals surface area contributed by atoms with Gasteiger partial charge < -0.3 is 10.2 Å². The SMILES string of the molecule is CC(C)CN(C)CC1NC(C)CS1. The summed E-state index contributed by atoms with van der Waals surface area (Å²) < 4.78 is 0. The van der Waals surface area contributed by atoms with Crippen molar-refractivity contribution in [1.82, 2.24) is 10.2 Å². The van der Waals surface area contributed by atoms with Gasteiger partial charge in [-0.05, 0) is 19.9 Å². The molecule has 2 atom stereocenters. The molecule has 1 aliphatic rings. The van der Waals surface area contributed by atoms with Crippen LogP contribution in [0.25, 0.3) is 0 Å². The van der Waals surface area contributed by atoms with Crippen molar-refractivity contribution < 1.29 is 0 Å². The first-order chi connectivity index (χ1) is 6.08. The molecular formula is C10H22N2S. The van der Waals surface area contributed by atoms with Crippen LogP contribution in [0, 0.1) is 5.92 Å². The largest absolute Gasteiger partial charge is 0.304 e. The summed E-state index contributed by atoms with van der Waals surface area (Å²) in [4.78, 5) is 2.42. The normalized spacial score (nSPS) is 29.1. The summed E-state index contributed by atoms with van der Waals surface area (Å²) >= 11 is 2.05. The van der Waals surface area contributed by atoms with Crippen LogP contribution in [0.4, 0.5) is 0 Å². The summed E-state index contributed by atoms with van der Waals surface area (Å²) in [6.07, 6.45) is 0. The fourth-order valence-electron chi connectivity index (χ4n) is 1.76. The molecular weight excluding hydrogens is 180 g/mol. The molecule has 1 aliphatic heterocycles. The Balaban J connectivity index is 2.16. The van der Waals surface area contributed by atoms with Gasteiger partial charge in [0, 0.05) is 24.9 Å². The maximum atomic E-state index is 3.58. The van der Waals surface area contributed by atoms with Gasteiger partial charge in [-0.3, -0.25) is 0 Å². The molecule has 1 saturated heterocycles. The molecule has 2 nitrogen and oxygen atoms in total. The van der Waals surface area contributed by atoms with E-state index in [9.17, 15) is 0 Å². The highest BCUT2D eigenvalue weighted by Gasteiger charge is 2.21. The van der Waals surface area contributed by atoms with Crippen LogP contribution in [-0.4, -0.2) is 42.2 Å². The molecule has 78 valence electrons. The van der Waals surface area contributed by atoms with Crippen molar-refractivity contribution in [3.63, 3.8) is 0 Å². The average Bonchev–Trinajstić information content (AvgIpc) is 2.33. The summed E-state index contributed by atoms with van der Waals surface area (Å²) in [7, 11) is 2.21. The van der Waals surface area contributed by atoms with E-state index in [2.05, 4.69) is 49.8 Å². The van der Waals surface area contributed by atoms with E-state index in [-0.39, 0.29) is 0 Å². The third-order valence-corrected chi connectivity index (χ3v) is 3.55. The molecule has 1 fully saturated rings. The Hall–Kier alpha value is 0.270. The zero-order valence-electron chi connectivity index (χ0n) is 9.21. The van der Waals surface area contributed by atoms with E-state index in [0.29, 0.717) is 11.4 Å². The molecule has 1 N–H and O–H groups in total. The monoisotopic (exact) mass is 202 g/mol. The minimum Gasteiger partial charge on any atom is -0.304 e. The predicted molar refractivity (Wildman–Crippen MR) is 61.2 cm³/mol. The summed E-state index contributed by atoms with van der Waals surface area (Å²) in [6, 6.07) is 0.697. The van der Waals surface area contributed by atoms with Gasteiger partial charge in [-0.15, -0.1) is 11.8 Å². The molecule has 1 rings (SSSR count). The molecule has 0 aliphatic carbocycles. The van der Waals surface area contributed by atoms with Crippen molar-refractivity contribution in [2.24, 2.45) is 5.92 Å². The van der Waals surface area contributed by atoms with Crippen molar-refractivity contribution in [2.75, 3.05) is 25.9 Å².